The van der Waals surface area contributed by atoms with Gasteiger partial charge in [0.05, 0.1) is 22.7 Å². The maximum absolute atomic E-state index is 12.7. The number of aromatic carboxylic acids is 1. The van der Waals surface area contributed by atoms with Crippen LogP contribution < -0.4 is 0 Å². The van der Waals surface area contributed by atoms with E-state index in [4.69, 9.17) is 9.84 Å². The Morgan fingerprint density at radius 2 is 1.90 bits per heavy atom. The van der Waals surface area contributed by atoms with E-state index in [2.05, 4.69) is 15.9 Å². The molecule has 8 heteroatoms. The van der Waals surface area contributed by atoms with Gasteiger partial charge in [-0.1, -0.05) is 0 Å². The zero-order valence-corrected chi connectivity index (χ0v) is 14.0. The quantitative estimate of drug-likeness (QED) is 0.869. The molecular weight excluding hydrogens is 362 g/mol. The Morgan fingerprint density at radius 1 is 1.33 bits per heavy atom. The summed E-state index contributed by atoms with van der Waals surface area (Å²) in [6, 6.07) is 3.96. The molecule has 1 aliphatic rings. The minimum absolute atomic E-state index is 0.0382. The maximum Gasteiger partial charge on any atom is 0.335 e. The van der Waals surface area contributed by atoms with Gasteiger partial charge in [0.15, 0.2) is 0 Å². The zero-order valence-electron chi connectivity index (χ0n) is 11.6. The Balaban J connectivity index is 2.44. The summed E-state index contributed by atoms with van der Waals surface area (Å²) in [4.78, 5) is 11.0. The number of halogens is 1. The molecule has 21 heavy (non-hydrogen) atoms. The molecule has 1 fully saturated rings. The third-order valence-electron chi connectivity index (χ3n) is 3.18. The standard InChI is InChI=1S/C13H16BrNO5S/c1-8-6-15(7-9(2)20-8)21(18,19)12-5-10(13(16)17)3-4-11(12)14/h3-5,8-9H,6-7H2,1-2H3,(H,16,17). The molecule has 0 radical (unpaired) electrons. The molecule has 6 nitrogen and oxygen atoms in total. The molecule has 0 amide bonds. The van der Waals surface area contributed by atoms with E-state index in [1.165, 1.54) is 22.5 Å². The van der Waals surface area contributed by atoms with Gasteiger partial charge >= 0.3 is 5.97 Å². The number of nitrogens with zero attached hydrogens (tertiary/aromatic N) is 1. The first-order valence-electron chi connectivity index (χ1n) is 6.40. The van der Waals surface area contributed by atoms with Crippen LogP contribution in [0.2, 0.25) is 0 Å². The van der Waals surface area contributed by atoms with Gasteiger partial charge in [-0.15, -0.1) is 0 Å². The summed E-state index contributed by atoms with van der Waals surface area (Å²) in [5.41, 5.74) is -0.0638. The predicted molar refractivity (Wildman–Crippen MR) is 79.9 cm³/mol. The third kappa shape index (κ3) is 3.45. The molecule has 1 aromatic carbocycles. The number of carboxylic acid groups (broad SMARTS) is 1. The fourth-order valence-corrected chi connectivity index (χ4v) is 4.84. The van der Waals surface area contributed by atoms with Crippen molar-refractivity contribution in [3.05, 3.63) is 28.2 Å². The highest BCUT2D eigenvalue weighted by atomic mass is 79.9. The molecular formula is C13H16BrNO5S. The number of rotatable bonds is 3. The largest absolute Gasteiger partial charge is 0.478 e. The van der Waals surface area contributed by atoms with Crippen molar-refractivity contribution in [1.82, 2.24) is 4.31 Å². The van der Waals surface area contributed by atoms with E-state index in [1.807, 2.05) is 0 Å². The van der Waals surface area contributed by atoms with Crippen molar-refractivity contribution in [1.29, 1.82) is 0 Å². The summed E-state index contributed by atoms with van der Waals surface area (Å²) >= 11 is 3.18. The Kier molecular flexibility index (Phi) is 4.72. The fraction of sp³-hybridized carbons (Fsp3) is 0.462. The second-order valence-corrected chi connectivity index (χ2v) is 7.79. The molecule has 1 aromatic rings. The summed E-state index contributed by atoms with van der Waals surface area (Å²) in [5, 5.41) is 9.02. The van der Waals surface area contributed by atoms with Crippen LogP contribution in [-0.4, -0.2) is 49.1 Å². The Labute approximate surface area is 131 Å². The molecule has 2 atom stereocenters. The topological polar surface area (TPSA) is 83.9 Å². The van der Waals surface area contributed by atoms with Gasteiger partial charge in [-0.3, -0.25) is 0 Å². The number of ether oxygens (including phenoxy) is 1. The van der Waals surface area contributed by atoms with Gasteiger partial charge < -0.3 is 9.84 Å². The number of carboxylic acids is 1. The smallest absolute Gasteiger partial charge is 0.335 e. The SMILES string of the molecule is CC1CN(S(=O)(=O)c2cc(C(=O)O)ccc2Br)CC(C)O1. The number of carbonyl (C=O) groups is 1. The lowest BCUT2D eigenvalue weighted by atomic mass is 10.2. The van der Waals surface area contributed by atoms with Gasteiger partial charge in [-0.2, -0.15) is 4.31 Å². The highest BCUT2D eigenvalue weighted by Crippen LogP contribution is 2.28. The van der Waals surface area contributed by atoms with E-state index in [0.717, 1.165) is 0 Å². The number of hydrogen-bond donors (Lipinski definition) is 1. The third-order valence-corrected chi connectivity index (χ3v) is 6.01. The summed E-state index contributed by atoms with van der Waals surface area (Å²) in [5.74, 6) is -1.16. The van der Waals surface area contributed by atoms with E-state index < -0.39 is 16.0 Å². The lowest BCUT2D eigenvalue weighted by molar-refractivity contribution is -0.0441. The number of morpholine rings is 1. The average Bonchev–Trinajstić information content (AvgIpc) is 2.37. The van der Waals surface area contributed by atoms with Crippen LogP contribution in [-0.2, 0) is 14.8 Å². The molecule has 1 aliphatic heterocycles. The molecule has 0 spiro atoms. The molecule has 1 N–H and O–H groups in total. The summed E-state index contributed by atoms with van der Waals surface area (Å²) < 4.78 is 32.6. The van der Waals surface area contributed by atoms with E-state index in [1.54, 1.807) is 13.8 Å². The summed E-state index contributed by atoms with van der Waals surface area (Å²) in [6.07, 6.45) is -0.407. The Bertz CT molecular complexity index is 651. The van der Waals surface area contributed by atoms with Crippen molar-refractivity contribution in [2.45, 2.75) is 31.0 Å². The van der Waals surface area contributed by atoms with E-state index in [-0.39, 0.29) is 35.8 Å². The predicted octanol–water partition coefficient (Wildman–Crippen LogP) is 1.95. The van der Waals surface area contributed by atoms with Crippen molar-refractivity contribution >= 4 is 31.9 Å². The maximum atomic E-state index is 12.7. The average molecular weight is 378 g/mol. The lowest BCUT2D eigenvalue weighted by Gasteiger charge is -2.34. The first kappa shape index (κ1) is 16.4. The molecule has 0 bridgehead atoms. The molecule has 0 aliphatic carbocycles. The van der Waals surface area contributed by atoms with Gasteiger partial charge in [0, 0.05) is 17.6 Å². The first-order chi connectivity index (χ1) is 9.71. The molecule has 116 valence electrons. The highest BCUT2D eigenvalue weighted by Gasteiger charge is 2.33. The number of hydrogen-bond acceptors (Lipinski definition) is 4. The lowest BCUT2D eigenvalue weighted by Crippen LogP contribution is -2.48. The number of benzene rings is 1. The second kappa shape index (κ2) is 6.04. The van der Waals surface area contributed by atoms with Crippen LogP contribution in [0, 0.1) is 0 Å². The van der Waals surface area contributed by atoms with Crippen LogP contribution in [0.4, 0.5) is 0 Å². The first-order valence-corrected chi connectivity index (χ1v) is 8.63. The summed E-state index contributed by atoms with van der Waals surface area (Å²) in [6.45, 7) is 4.11. The normalized spacial score (nSPS) is 24.0. The van der Waals surface area contributed by atoms with Crippen molar-refractivity contribution in [3.8, 4) is 0 Å². The minimum Gasteiger partial charge on any atom is -0.478 e. The van der Waals surface area contributed by atoms with Crippen molar-refractivity contribution in [2.24, 2.45) is 0 Å². The van der Waals surface area contributed by atoms with Crippen LogP contribution in [0.5, 0.6) is 0 Å². The monoisotopic (exact) mass is 377 g/mol. The molecule has 2 unspecified atom stereocenters. The van der Waals surface area contributed by atoms with Crippen molar-refractivity contribution < 1.29 is 23.1 Å². The molecule has 0 saturated carbocycles. The van der Waals surface area contributed by atoms with Crippen LogP contribution in [0.15, 0.2) is 27.6 Å². The zero-order chi connectivity index (χ0) is 15.8. The molecule has 2 rings (SSSR count). The van der Waals surface area contributed by atoms with Gasteiger partial charge in [-0.25, -0.2) is 13.2 Å². The van der Waals surface area contributed by atoms with E-state index in [0.29, 0.717) is 4.47 Å². The highest BCUT2D eigenvalue weighted by molar-refractivity contribution is 9.10. The Hall–Kier alpha value is -0.960. The van der Waals surface area contributed by atoms with Crippen molar-refractivity contribution in [3.63, 3.8) is 0 Å². The van der Waals surface area contributed by atoms with Crippen LogP contribution in [0.3, 0.4) is 0 Å². The van der Waals surface area contributed by atoms with Gasteiger partial charge in [0.1, 0.15) is 0 Å². The number of sulfonamides is 1. The van der Waals surface area contributed by atoms with Crippen molar-refractivity contribution in [2.75, 3.05) is 13.1 Å². The van der Waals surface area contributed by atoms with Crippen LogP contribution in [0.25, 0.3) is 0 Å². The molecule has 0 aromatic heterocycles. The van der Waals surface area contributed by atoms with E-state index >= 15 is 0 Å². The second-order valence-electron chi connectivity index (χ2n) is 5.03. The van der Waals surface area contributed by atoms with Gasteiger partial charge in [0.25, 0.3) is 0 Å². The Morgan fingerprint density at radius 3 is 2.43 bits per heavy atom. The summed E-state index contributed by atoms with van der Waals surface area (Å²) in [7, 11) is -3.77. The molecule has 1 saturated heterocycles. The molecule has 1 heterocycles. The minimum atomic E-state index is -3.77. The van der Waals surface area contributed by atoms with Crippen LogP contribution in [0.1, 0.15) is 24.2 Å². The fourth-order valence-electron chi connectivity index (χ4n) is 2.30. The van der Waals surface area contributed by atoms with E-state index in [9.17, 15) is 13.2 Å². The van der Waals surface area contributed by atoms with Crippen LogP contribution >= 0.6 is 15.9 Å². The van der Waals surface area contributed by atoms with Gasteiger partial charge in [0.2, 0.25) is 10.0 Å². The van der Waals surface area contributed by atoms with Gasteiger partial charge in [-0.05, 0) is 48.0 Å².